The Morgan fingerprint density at radius 1 is 1.44 bits per heavy atom. The molecule has 0 amide bonds. The first-order valence-corrected chi connectivity index (χ1v) is 4.85. The topological polar surface area (TPSA) is 78.4 Å². The summed E-state index contributed by atoms with van der Waals surface area (Å²) in [5, 5.41) is 10.7. The molecule has 0 aromatic heterocycles. The van der Waals surface area contributed by atoms with Crippen LogP contribution in [-0.2, 0) is 0 Å². The van der Waals surface area contributed by atoms with Crippen LogP contribution in [0.2, 0.25) is 0 Å². The summed E-state index contributed by atoms with van der Waals surface area (Å²) < 4.78 is 5.62. The summed E-state index contributed by atoms with van der Waals surface area (Å²) in [7, 11) is 0. The van der Waals surface area contributed by atoms with Crippen LogP contribution in [0, 0.1) is 10.1 Å². The lowest BCUT2D eigenvalue weighted by Gasteiger charge is -2.27. The number of ether oxygens (including phenoxy) is 1. The molecule has 1 aliphatic heterocycles. The number of hydrogen-bond acceptors (Lipinski definition) is 4. The molecule has 0 radical (unpaired) electrons. The van der Waals surface area contributed by atoms with Gasteiger partial charge in [0.25, 0.3) is 5.69 Å². The molecular formula is C11H12N2O3. The molecular weight excluding hydrogens is 208 g/mol. The SMILES string of the molecule is CC1(C)C=Cc2cc(N)c([N+](=O)[O-])cc2O1. The molecule has 1 heterocycles. The number of nitrogen functional groups attached to an aromatic ring is 1. The first-order valence-electron chi connectivity index (χ1n) is 4.85. The number of anilines is 1. The van der Waals surface area contributed by atoms with Crippen molar-refractivity contribution in [3.8, 4) is 5.75 Å². The number of rotatable bonds is 1. The van der Waals surface area contributed by atoms with Gasteiger partial charge in [0.05, 0.1) is 11.0 Å². The highest BCUT2D eigenvalue weighted by molar-refractivity contribution is 5.72. The van der Waals surface area contributed by atoms with E-state index >= 15 is 0 Å². The van der Waals surface area contributed by atoms with Gasteiger partial charge in [0, 0.05) is 5.56 Å². The van der Waals surface area contributed by atoms with E-state index in [9.17, 15) is 10.1 Å². The van der Waals surface area contributed by atoms with Crippen LogP contribution >= 0.6 is 0 Å². The summed E-state index contributed by atoms with van der Waals surface area (Å²) in [5.74, 6) is 0.494. The van der Waals surface area contributed by atoms with Gasteiger partial charge in [-0.25, -0.2) is 0 Å². The highest BCUT2D eigenvalue weighted by Crippen LogP contribution is 2.36. The van der Waals surface area contributed by atoms with Crippen LogP contribution < -0.4 is 10.5 Å². The minimum absolute atomic E-state index is 0.121. The number of hydrogen-bond donors (Lipinski definition) is 1. The Labute approximate surface area is 92.7 Å². The maximum absolute atomic E-state index is 10.7. The van der Waals surface area contributed by atoms with Crippen molar-refractivity contribution in [2.45, 2.75) is 19.4 Å². The van der Waals surface area contributed by atoms with Gasteiger partial charge >= 0.3 is 0 Å². The summed E-state index contributed by atoms with van der Waals surface area (Å²) in [4.78, 5) is 10.2. The van der Waals surface area contributed by atoms with Crippen molar-refractivity contribution in [3.63, 3.8) is 0 Å². The summed E-state index contributed by atoms with van der Waals surface area (Å²) in [6.45, 7) is 3.77. The van der Waals surface area contributed by atoms with Gasteiger partial charge in [0.1, 0.15) is 17.0 Å². The van der Waals surface area contributed by atoms with Crippen LogP contribution in [0.3, 0.4) is 0 Å². The normalized spacial score (nSPS) is 16.4. The summed E-state index contributed by atoms with van der Waals surface area (Å²) >= 11 is 0. The highest BCUT2D eigenvalue weighted by Gasteiger charge is 2.25. The van der Waals surface area contributed by atoms with Gasteiger partial charge in [-0.05, 0) is 26.0 Å². The Balaban J connectivity index is 2.55. The molecule has 1 aromatic rings. The minimum atomic E-state index is -0.510. The first kappa shape index (κ1) is 10.5. The zero-order chi connectivity index (χ0) is 11.9. The number of nitrogens with two attached hydrogens (primary N) is 1. The smallest absolute Gasteiger partial charge is 0.295 e. The first-order chi connectivity index (χ1) is 7.39. The Bertz CT molecular complexity index is 492. The van der Waals surface area contributed by atoms with E-state index in [1.165, 1.54) is 6.07 Å². The number of nitro groups is 1. The standard InChI is InChI=1S/C11H12N2O3/c1-11(2)4-3-7-5-8(12)9(13(14)15)6-10(7)16-11/h3-6H,12H2,1-2H3. The van der Waals surface area contributed by atoms with Gasteiger partial charge in [-0.1, -0.05) is 6.08 Å². The second-order valence-corrected chi connectivity index (χ2v) is 4.24. The largest absolute Gasteiger partial charge is 0.483 e. The number of nitro benzene ring substituents is 1. The second kappa shape index (κ2) is 3.23. The predicted octanol–water partition coefficient (Wildman–Crippen LogP) is 2.36. The molecule has 0 saturated heterocycles. The Morgan fingerprint density at radius 2 is 2.12 bits per heavy atom. The molecule has 2 rings (SSSR count). The Morgan fingerprint density at radius 3 is 2.75 bits per heavy atom. The predicted molar refractivity (Wildman–Crippen MR) is 61.2 cm³/mol. The van der Waals surface area contributed by atoms with Crippen molar-refractivity contribution in [2.24, 2.45) is 0 Å². The fourth-order valence-electron chi connectivity index (χ4n) is 1.59. The molecule has 16 heavy (non-hydrogen) atoms. The Hall–Kier alpha value is -2.04. The van der Waals surface area contributed by atoms with Crippen LogP contribution in [0.1, 0.15) is 19.4 Å². The number of nitrogens with zero attached hydrogens (tertiary/aromatic N) is 1. The average molecular weight is 220 g/mol. The summed E-state index contributed by atoms with van der Waals surface area (Å²) in [6.07, 6.45) is 3.75. The average Bonchev–Trinajstić information content (AvgIpc) is 2.16. The molecule has 5 nitrogen and oxygen atoms in total. The maximum Gasteiger partial charge on any atom is 0.295 e. The molecule has 1 aliphatic rings. The lowest BCUT2D eigenvalue weighted by atomic mass is 10.0. The van der Waals surface area contributed by atoms with E-state index < -0.39 is 10.5 Å². The van der Waals surface area contributed by atoms with Crippen molar-refractivity contribution < 1.29 is 9.66 Å². The van der Waals surface area contributed by atoms with Crippen molar-refractivity contribution >= 4 is 17.5 Å². The van der Waals surface area contributed by atoms with E-state index in [1.54, 1.807) is 6.07 Å². The fraction of sp³-hybridized carbons (Fsp3) is 0.273. The van der Waals surface area contributed by atoms with E-state index in [0.29, 0.717) is 5.75 Å². The van der Waals surface area contributed by atoms with Gasteiger partial charge < -0.3 is 10.5 Å². The number of fused-ring (bicyclic) bond motifs is 1. The number of benzene rings is 1. The molecule has 2 N–H and O–H groups in total. The highest BCUT2D eigenvalue weighted by atomic mass is 16.6. The third-order valence-corrected chi connectivity index (χ3v) is 2.39. The summed E-state index contributed by atoms with van der Waals surface area (Å²) in [5.41, 5.74) is 5.93. The van der Waals surface area contributed by atoms with E-state index in [1.807, 2.05) is 26.0 Å². The molecule has 0 spiro atoms. The maximum atomic E-state index is 10.7. The van der Waals surface area contributed by atoms with Crippen molar-refractivity contribution in [3.05, 3.63) is 33.9 Å². The molecule has 0 saturated carbocycles. The van der Waals surface area contributed by atoms with Gasteiger partial charge in [-0.3, -0.25) is 10.1 Å². The van der Waals surface area contributed by atoms with Crippen LogP contribution in [-0.4, -0.2) is 10.5 Å². The van der Waals surface area contributed by atoms with E-state index in [2.05, 4.69) is 0 Å². The molecule has 0 atom stereocenters. The van der Waals surface area contributed by atoms with Gasteiger partial charge in [0.2, 0.25) is 0 Å². The van der Waals surface area contributed by atoms with E-state index in [-0.39, 0.29) is 11.4 Å². The monoisotopic (exact) mass is 220 g/mol. The van der Waals surface area contributed by atoms with Crippen LogP contribution in [0.4, 0.5) is 11.4 Å². The van der Waals surface area contributed by atoms with Gasteiger partial charge in [0.15, 0.2) is 0 Å². The third kappa shape index (κ3) is 1.71. The van der Waals surface area contributed by atoms with Crippen LogP contribution in [0.15, 0.2) is 18.2 Å². The van der Waals surface area contributed by atoms with Crippen molar-refractivity contribution in [2.75, 3.05) is 5.73 Å². The van der Waals surface area contributed by atoms with Crippen molar-refractivity contribution in [1.29, 1.82) is 0 Å². The fourth-order valence-corrected chi connectivity index (χ4v) is 1.59. The van der Waals surface area contributed by atoms with Crippen molar-refractivity contribution in [1.82, 2.24) is 0 Å². The van der Waals surface area contributed by atoms with E-state index in [0.717, 1.165) is 5.56 Å². The lowest BCUT2D eigenvalue weighted by molar-refractivity contribution is -0.384. The molecule has 0 bridgehead atoms. The van der Waals surface area contributed by atoms with Gasteiger partial charge in [-0.2, -0.15) is 0 Å². The van der Waals surface area contributed by atoms with Gasteiger partial charge in [-0.15, -0.1) is 0 Å². The zero-order valence-corrected chi connectivity index (χ0v) is 9.06. The van der Waals surface area contributed by atoms with E-state index in [4.69, 9.17) is 10.5 Å². The third-order valence-electron chi connectivity index (χ3n) is 2.39. The summed E-state index contributed by atoms with van der Waals surface area (Å²) in [6, 6.07) is 2.93. The Kier molecular flexibility index (Phi) is 2.11. The molecule has 0 aliphatic carbocycles. The lowest BCUT2D eigenvalue weighted by Crippen LogP contribution is -2.27. The zero-order valence-electron chi connectivity index (χ0n) is 9.06. The molecule has 0 unspecified atom stereocenters. The second-order valence-electron chi connectivity index (χ2n) is 4.24. The van der Waals surface area contributed by atoms with Crippen LogP contribution in [0.5, 0.6) is 5.75 Å². The molecule has 5 heteroatoms. The molecule has 1 aromatic carbocycles. The minimum Gasteiger partial charge on any atom is -0.483 e. The molecule has 0 fully saturated rings. The molecule has 84 valence electrons. The van der Waals surface area contributed by atoms with Crippen LogP contribution in [0.25, 0.3) is 6.08 Å². The quantitative estimate of drug-likeness (QED) is 0.447.